The highest BCUT2D eigenvalue weighted by Gasteiger charge is 2.08. The molecule has 0 saturated heterocycles. The summed E-state index contributed by atoms with van der Waals surface area (Å²) < 4.78 is 4.45. The van der Waals surface area contributed by atoms with Gasteiger partial charge in [-0.3, -0.25) is 4.79 Å². The molecule has 0 spiro atoms. The molecule has 5 nitrogen and oxygen atoms in total. The molecule has 0 aliphatic carbocycles. The second-order valence-electron chi connectivity index (χ2n) is 2.16. The van der Waals surface area contributed by atoms with Crippen LogP contribution in [0.25, 0.3) is 0 Å². The van der Waals surface area contributed by atoms with E-state index in [0.29, 0.717) is 6.41 Å². The molecule has 0 aromatic carbocycles. The van der Waals surface area contributed by atoms with Gasteiger partial charge in [0, 0.05) is 7.05 Å². The van der Waals surface area contributed by atoms with Crippen LogP contribution in [0.5, 0.6) is 0 Å². The lowest BCUT2D eigenvalue weighted by Crippen LogP contribution is -2.19. The van der Waals surface area contributed by atoms with Gasteiger partial charge in [0.2, 0.25) is 6.41 Å². The summed E-state index contributed by atoms with van der Waals surface area (Å²) in [5.74, 6) is -0.577. The van der Waals surface area contributed by atoms with Gasteiger partial charge in [-0.15, -0.1) is 0 Å². The zero-order valence-corrected chi connectivity index (χ0v) is 7.85. The van der Waals surface area contributed by atoms with E-state index in [1.54, 1.807) is 13.0 Å². The molecule has 0 fully saturated rings. The van der Waals surface area contributed by atoms with Gasteiger partial charge < -0.3 is 4.74 Å². The third-order valence-electron chi connectivity index (χ3n) is 1.14. The average Bonchev–Trinajstić information content (AvgIpc) is 2.15. The molecule has 0 unspecified atom stereocenters. The van der Waals surface area contributed by atoms with Gasteiger partial charge in [-0.1, -0.05) is 6.08 Å². The van der Waals surface area contributed by atoms with E-state index in [2.05, 4.69) is 9.84 Å². The highest BCUT2D eigenvalue weighted by atomic mass is 16.5. The maximum absolute atomic E-state index is 11.0. The first-order chi connectivity index (χ1) is 6.15. The highest BCUT2D eigenvalue weighted by molar-refractivity contribution is 6.41. The van der Waals surface area contributed by atoms with Crippen LogP contribution in [0.15, 0.2) is 17.3 Å². The van der Waals surface area contributed by atoms with Crippen molar-refractivity contribution in [2.75, 3.05) is 14.2 Å². The SMILES string of the molecule is C/C=C\C(=N/N(C)C=O)C(=O)OC. The third kappa shape index (κ3) is 4.05. The maximum Gasteiger partial charge on any atom is 0.358 e. The summed E-state index contributed by atoms with van der Waals surface area (Å²) in [6.45, 7) is 1.74. The van der Waals surface area contributed by atoms with Gasteiger partial charge in [0.1, 0.15) is 0 Å². The van der Waals surface area contributed by atoms with Crippen molar-refractivity contribution in [2.24, 2.45) is 5.10 Å². The van der Waals surface area contributed by atoms with Crippen LogP contribution < -0.4 is 0 Å². The smallest absolute Gasteiger partial charge is 0.358 e. The molecule has 0 rings (SSSR count). The van der Waals surface area contributed by atoms with Crippen molar-refractivity contribution in [3.63, 3.8) is 0 Å². The Hall–Kier alpha value is -1.65. The summed E-state index contributed by atoms with van der Waals surface area (Å²) in [6.07, 6.45) is 3.59. The molecule has 5 heteroatoms. The minimum atomic E-state index is -0.577. The van der Waals surface area contributed by atoms with Crippen LogP contribution in [0, 0.1) is 0 Å². The monoisotopic (exact) mass is 184 g/mol. The molecule has 0 radical (unpaired) electrons. The van der Waals surface area contributed by atoms with Crippen LogP contribution in [-0.4, -0.2) is 37.3 Å². The van der Waals surface area contributed by atoms with Gasteiger partial charge in [0.05, 0.1) is 7.11 Å². The number of nitrogens with zero attached hydrogens (tertiary/aromatic N) is 2. The van der Waals surface area contributed by atoms with Crippen molar-refractivity contribution < 1.29 is 14.3 Å². The molecule has 0 aromatic rings. The van der Waals surface area contributed by atoms with Crippen LogP contribution in [-0.2, 0) is 14.3 Å². The molecule has 0 heterocycles. The molecular weight excluding hydrogens is 172 g/mol. The third-order valence-corrected chi connectivity index (χ3v) is 1.14. The number of hydrogen-bond acceptors (Lipinski definition) is 4. The van der Waals surface area contributed by atoms with Gasteiger partial charge in [-0.2, -0.15) is 5.10 Å². The van der Waals surface area contributed by atoms with Crippen molar-refractivity contribution in [2.45, 2.75) is 6.92 Å². The summed E-state index contributed by atoms with van der Waals surface area (Å²) in [5, 5.41) is 4.67. The quantitative estimate of drug-likeness (QED) is 0.271. The minimum absolute atomic E-state index is 0.0830. The zero-order valence-electron chi connectivity index (χ0n) is 7.85. The van der Waals surface area contributed by atoms with Crippen LogP contribution >= 0.6 is 0 Å². The van der Waals surface area contributed by atoms with E-state index in [4.69, 9.17) is 0 Å². The number of methoxy groups -OCH3 is 1. The van der Waals surface area contributed by atoms with Gasteiger partial charge in [-0.05, 0) is 13.0 Å². The number of hydrazone groups is 1. The average molecular weight is 184 g/mol. The Morgan fingerprint density at radius 2 is 2.15 bits per heavy atom. The number of carbonyl (C=O) groups excluding carboxylic acids is 2. The summed E-state index contributed by atoms with van der Waals surface area (Å²) in [7, 11) is 2.68. The lowest BCUT2D eigenvalue weighted by molar-refractivity contribution is -0.132. The van der Waals surface area contributed by atoms with Gasteiger partial charge in [-0.25, -0.2) is 9.80 Å². The molecule has 1 amide bonds. The van der Waals surface area contributed by atoms with Crippen molar-refractivity contribution in [3.8, 4) is 0 Å². The Morgan fingerprint density at radius 3 is 2.54 bits per heavy atom. The topological polar surface area (TPSA) is 59.0 Å². The van der Waals surface area contributed by atoms with E-state index in [-0.39, 0.29) is 5.71 Å². The molecular formula is C8H12N2O3. The van der Waals surface area contributed by atoms with Crippen LogP contribution in [0.2, 0.25) is 0 Å². The van der Waals surface area contributed by atoms with E-state index >= 15 is 0 Å². The van der Waals surface area contributed by atoms with Crippen molar-refractivity contribution in [3.05, 3.63) is 12.2 Å². The lowest BCUT2D eigenvalue weighted by Gasteiger charge is -2.04. The molecule has 0 aliphatic heterocycles. The predicted octanol–water partition coefficient (Wildman–Crippen LogP) is 0.180. The number of allylic oxidation sites excluding steroid dienone is 1. The predicted molar refractivity (Wildman–Crippen MR) is 48.1 cm³/mol. The zero-order chi connectivity index (χ0) is 10.3. The maximum atomic E-state index is 11.0. The molecule has 0 aliphatic rings. The molecule has 72 valence electrons. The summed E-state index contributed by atoms with van der Waals surface area (Å²) in [4.78, 5) is 21.2. The number of carbonyl (C=O) groups is 2. The first-order valence-corrected chi connectivity index (χ1v) is 3.63. The summed E-state index contributed by atoms with van der Waals surface area (Å²) >= 11 is 0. The Balaban J connectivity index is 4.68. The molecule has 13 heavy (non-hydrogen) atoms. The second kappa shape index (κ2) is 5.93. The largest absolute Gasteiger partial charge is 0.464 e. The van der Waals surface area contributed by atoms with Crippen molar-refractivity contribution in [1.82, 2.24) is 5.01 Å². The Labute approximate surface area is 76.7 Å². The van der Waals surface area contributed by atoms with E-state index in [0.717, 1.165) is 5.01 Å². The van der Waals surface area contributed by atoms with Gasteiger partial charge in [0.25, 0.3) is 0 Å². The minimum Gasteiger partial charge on any atom is -0.464 e. The summed E-state index contributed by atoms with van der Waals surface area (Å²) in [6, 6.07) is 0. The van der Waals surface area contributed by atoms with Crippen LogP contribution in [0.1, 0.15) is 6.92 Å². The normalized spacial score (nSPS) is 11.5. The van der Waals surface area contributed by atoms with E-state index in [9.17, 15) is 9.59 Å². The molecule has 0 atom stereocenters. The number of amides is 1. The highest BCUT2D eigenvalue weighted by Crippen LogP contribution is 1.89. The number of hydrogen-bond donors (Lipinski definition) is 0. The van der Waals surface area contributed by atoms with Crippen LogP contribution in [0.4, 0.5) is 0 Å². The fraction of sp³-hybridized carbons (Fsp3) is 0.375. The van der Waals surface area contributed by atoms with Crippen LogP contribution in [0.3, 0.4) is 0 Å². The lowest BCUT2D eigenvalue weighted by atomic mass is 10.3. The fourth-order valence-electron chi connectivity index (χ4n) is 0.598. The molecule has 0 N–H and O–H groups in total. The number of esters is 1. The standard InChI is InChI=1S/C8H12N2O3/c1-4-5-7(8(12)13-3)9-10(2)6-11/h4-6H,1-3H3/b5-4-,9-7+. The van der Waals surface area contributed by atoms with E-state index < -0.39 is 5.97 Å². The van der Waals surface area contributed by atoms with Crippen molar-refractivity contribution >= 4 is 18.1 Å². The molecule has 0 saturated carbocycles. The molecule has 0 aromatic heterocycles. The van der Waals surface area contributed by atoms with E-state index in [1.165, 1.54) is 20.2 Å². The fourth-order valence-corrected chi connectivity index (χ4v) is 0.598. The molecule has 0 bridgehead atoms. The van der Waals surface area contributed by atoms with Gasteiger partial charge >= 0.3 is 5.97 Å². The van der Waals surface area contributed by atoms with E-state index in [1.807, 2.05) is 0 Å². The first-order valence-electron chi connectivity index (χ1n) is 3.63. The first kappa shape index (κ1) is 11.4. The Bertz CT molecular complexity index is 246. The van der Waals surface area contributed by atoms with Crippen molar-refractivity contribution in [1.29, 1.82) is 0 Å². The summed E-state index contributed by atoms with van der Waals surface area (Å²) in [5.41, 5.74) is 0.0830. The second-order valence-corrected chi connectivity index (χ2v) is 2.16. The number of rotatable bonds is 4. The number of ether oxygens (including phenoxy) is 1. The Morgan fingerprint density at radius 1 is 1.54 bits per heavy atom. The Kier molecular flexibility index (Phi) is 5.18. The van der Waals surface area contributed by atoms with Gasteiger partial charge in [0.15, 0.2) is 5.71 Å².